The van der Waals surface area contributed by atoms with Crippen LogP contribution in [-0.2, 0) is 0 Å². The first-order chi connectivity index (χ1) is 11.4. The lowest BCUT2D eigenvalue weighted by Gasteiger charge is -2.11. The number of benzene rings is 1. The smallest absolute Gasteiger partial charge is 0.257 e. The molecule has 0 spiro atoms. The Bertz CT molecular complexity index is 1010. The van der Waals surface area contributed by atoms with Gasteiger partial charge in [-0.3, -0.25) is 14.2 Å². The molecule has 24 heavy (non-hydrogen) atoms. The second kappa shape index (κ2) is 6.01. The fourth-order valence-electron chi connectivity index (χ4n) is 2.33. The average Bonchev–Trinajstić information content (AvgIpc) is 2.93. The zero-order valence-corrected chi connectivity index (χ0v) is 13.4. The van der Waals surface area contributed by atoms with Crippen LogP contribution in [0.4, 0.5) is 14.6 Å². The Hall–Kier alpha value is -2.80. The summed E-state index contributed by atoms with van der Waals surface area (Å²) in [5.41, 5.74) is 5.27. The summed E-state index contributed by atoms with van der Waals surface area (Å²) in [4.78, 5) is 25.6. The second-order valence-corrected chi connectivity index (χ2v) is 6.41. The van der Waals surface area contributed by atoms with E-state index in [0.29, 0.717) is 11.1 Å². The quantitative estimate of drug-likeness (QED) is 0.740. The lowest BCUT2D eigenvalue weighted by atomic mass is 10.0. The van der Waals surface area contributed by atoms with Crippen molar-refractivity contribution in [3.63, 3.8) is 0 Å². The summed E-state index contributed by atoms with van der Waals surface area (Å²) in [6.45, 7) is 1.87. The van der Waals surface area contributed by atoms with Gasteiger partial charge in [0.25, 0.3) is 5.56 Å². The maximum absolute atomic E-state index is 13.9. The van der Waals surface area contributed by atoms with E-state index in [0.717, 1.165) is 17.0 Å². The van der Waals surface area contributed by atoms with Gasteiger partial charge in [-0.1, -0.05) is 0 Å². The monoisotopic (exact) mass is 346 g/mol. The van der Waals surface area contributed by atoms with Crippen LogP contribution in [-0.4, -0.2) is 10.4 Å². The van der Waals surface area contributed by atoms with Crippen LogP contribution >= 0.6 is 11.3 Å². The number of nitrogens with two attached hydrogens (primary N) is 1. The SMILES string of the molecule is Cc1ccc(-n2c(N)c(C(=O)c3ccc(F)cc3F)ccc2=O)s1. The molecule has 122 valence electrons. The van der Waals surface area contributed by atoms with Crippen LogP contribution < -0.4 is 11.3 Å². The number of nitrogen functional groups attached to an aromatic ring is 1. The van der Waals surface area contributed by atoms with Gasteiger partial charge in [0, 0.05) is 17.0 Å². The molecule has 0 aliphatic carbocycles. The number of anilines is 1. The van der Waals surface area contributed by atoms with Gasteiger partial charge in [0.2, 0.25) is 0 Å². The molecule has 0 amide bonds. The molecular weight excluding hydrogens is 334 g/mol. The number of hydrogen-bond donors (Lipinski definition) is 1. The molecule has 4 nitrogen and oxygen atoms in total. The van der Waals surface area contributed by atoms with Gasteiger partial charge in [0.1, 0.15) is 22.5 Å². The fourth-order valence-corrected chi connectivity index (χ4v) is 3.22. The summed E-state index contributed by atoms with van der Waals surface area (Å²) >= 11 is 1.34. The normalized spacial score (nSPS) is 10.8. The molecule has 0 radical (unpaired) electrons. The van der Waals surface area contributed by atoms with Crippen molar-refractivity contribution in [2.45, 2.75) is 6.92 Å². The Morgan fingerprint density at radius 1 is 1.08 bits per heavy atom. The number of hydrogen-bond acceptors (Lipinski definition) is 4. The van der Waals surface area contributed by atoms with E-state index in [-0.39, 0.29) is 16.9 Å². The third-order valence-electron chi connectivity index (χ3n) is 3.50. The number of nitrogens with zero attached hydrogens (tertiary/aromatic N) is 1. The summed E-state index contributed by atoms with van der Waals surface area (Å²) in [6, 6.07) is 8.65. The van der Waals surface area contributed by atoms with Crippen LogP contribution in [0.2, 0.25) is 0 Å². The van der Waals surface area contributed by atoms with Gasteiger partial charge in [0.15, 0.2) is 5.78 Å². The lowest BCUT2D eigenvalue weighted by Crippen LogP contribution is -2.23. The molecule has 0 bridgehead atoms. The van der Waals surface area contributed by atoms with Gasteiger partial charge in [-0.05, 0) is 37.3 Å². The van der Waals surface area contributed by atoms with Crippen molar-refractivity contribution >= 4 is 22.9 Å². The van der Waals surface area contributed by atoms with E-state index in [1.165, 1.54) is 28.0 Å². The summed E-state index contributed by atoms with van der Waals surface area (Å²) in [6.07, 6.45) is 0. The van der Waals surface area contributed by atoms with Crippen molar-refractivity contribution in [3.05, 3.63) is 80.5 Å². The Morgan fingerprint density at radius 2 is 1.79 bits per heavy atom. The molecule has 0 aliphatic heterocycles. The van der Waals surface area contributed by atoms with E-state index in [1.54, 1.807) is 6.07 Å². The molecule has 3 rings (SSSR count). The van der Waals surface area contributed by atoms with Crippen molar-refractivity contribution in [1.29, 1.82) is 0 Å². The van der Waals surface area contributed by atoms with Crippen molar-refractivity contribution in [3.8, 4) is 5.00 Å². The third kappa shape index (κ3) is 2.74. The first-order valence-electron chi connectivity index (χ1n) is 6.96. The minimum atomic E-state index is -0.982. The summed E-state index contributed by atoms with van der Waals surface area (Å²) in [5, 5.41) is 0.559. The Balaban J connectivity index is 2.16. The maximum Gasteiger partial charge on any atom is 0.257 e. The van der Waals surface area contributed by atoms with Crippen molar-refractivity contribution in [2.24, 2.45) is 0 Å². The first-order valence-corrected chi connectivity index (χ1v) is 7.78. The topological polar surface area (TPSA) is 65.1 Å². The number of thiophene rings is 1. The van der Waals surface area contributed by atoms with Crippen LogP contribution in [0.15, 0.2) is 47.3 Å². The molecule has 7 heteroatoms. The zero-order chi connectivity index (χ0) is 17.4. The standard InChI is InChI=1S/C17H12F2N2O2S/c1-9-2-7-15(24-9)21-14(22)6-5-12(17(21)20)16(23)11-4-3-10(18)8-13(11)19/h2-8H,20H2,1H3. The highest BCUT2D eigenvalue weighted by Gasteiger charge is 2.20. The van der Waals surface area contributed by atoms with Crippen LogP contribution in [0, 0.1) is 18.6 Å². The molecule has 2 aromatic heterocycles. The number of aromatic nitrogens is 1. The second-order valence-electron chi connectivity index (χ2n) is 5.14. The highest BCUT2D eigenvalue weighted by Crippen LogP contribution is 2.24. The molecule has 0 fully saturated rings. The molecule has 2 heterocycles. The molecule has 3 aromatic rings. The maximum atomic E-state index is 13.9. The van der Waals surface area contributed by atoms with E-state index in [2.05, 4.69) is 0 Å². The molecule has 0 unspecified atom stereocenters. The zero-order valence-electron chi connectivity index (χ0n) is 12.5. The Kier molecular flexibility index (Phi) is 4.02. The highest BCUT2D eigenvalue weighted by molar-refractivity contribution is 7.14. The number of ketones is 1. The number of rotatable bonds is 3. The molecule has 0 saturated carbocycles. The van der Waals surface area contributed by atoms with E-state index in [4.69, 9.17) is 5.73 Å². The Labute approximate surface area is 139 Å². The number of pyridine rings is 1. The number of aryl methyl sites for hydroxylation is 1. The van der Waals surface area contributed by atoms with E-state index < -0.39 is 23.0 Å². The van der Waals surface area contributed by atoms with Crippen molar-refractivity contribution < 1.29 is 13.6 Å². The number of carbonyl (C=O) groups is 1. The fraction of sp³-hybridized carbons (Fsp3) is 0.0588. The molecule has 0 aliphatic rings. The van der Waals surface area contributed by atoms with Gasteiger partial charge in [-0.2, -0.15) is 0 Å². The van der Waals surface area contributed by atoms with Crippen molar-refractivity contribution in [2.75, 3.05) is 5.73 Å². The third-order valence-corrected chi connectivity index (χ3v) is 4.48. The van der Waals surface area contributed by atoms with Crippen LogP contribution in [0.25, 0.3) is 5.00 Å². The summed E-state index contributed by atoms with van der Waals surface area (Å²) < 4.78 is 28.1. The predicted molar refractivity (Wildman–Crippen MR) is 88.9 cm³/mol. The van der Waals surface area contributed by atoms with E-state index in [1.807, 2.05) is 13.0 Å². The largest absolute Gasteiger partial charge is 0.384 e. The highest BCUT2D eigenvalue weighted by atomic mass is 32.1. The van der Waals surface area contributed by atoms with Crippen LogP contribution in [0.1, 0.15) is 20.8 Å². The first kappa shape index (κ1) is 16.1. The molecule has 1 aromatic carbocycles. The molecule has 2 N–H and O–H groups in total. The van der Waals surface area contributed by atoms with E-state index in [9.17, 15) is 18.4 Å². The average molecular weight is 346 g/mol. The molecular formula is C17H12F2N2O2S. The predicted octanol–water partition coefficient (Wildman–Crippen LogP) is 3.30. The molecule has 0 atom stereocenters. The minimum absolute atomic E-state index is 0.0221. The summed E-state index contributed by atoms with van der Waals surface area (Å²) in [7, 11) is 0. The lowest BCUT2D eigenvalue weighted by molar-refractivity contribution is 0.103. The van der Waals surface area contributed by atoms with Gasteiger partial charge in [0.05, 0.1) is 11.1 Å². The van der Waals surface area contributed by atoms with Crippen LogP contribution in [0.3, 0.4) is 0 Å². The summed E-state index contributed by atoms with van der Waals surface area (Å²) in [5.74, 6) is -2.56. The van der Waals surface area contributed by atoms with Gasteiger partial charge in [-0.15, -0.1) is 11.3 Å². The van der Waals surface area contributed by atoms with Crippen molar-refractivity contribution in [1.82, 2.24) is 4.57 Å². The Morgan fingerprint density at radius 3 is 2.42 bits per heavy atom. The van der Waals surface area contributed by atoms with Gasteiger partial charge >= 0.3 is 0 Å². The van der Waals surface area contributed by atoms with E-state index >= 15 is 0 Å². The minimum Gasteiger partial charge on any atom is -0.384 e. The van der Waals surface area contributed by atoms with Gasteiger partial charge in [-0.25, -0.2) is 8.78 Å². The van der Waals surface area contributed by atoms with Gasteiger partial charge < -0.3 is 5.73 Å². The number of halogens is 2. The molecule has 0 saturated heterocycles. The van der Waals surface area contributed by atoms with Crippen LogP contribution in [0.5, 0.6) is 0 Å². The number of carbonyl (C=O) groups excluding carboxylic acids is 1.